The summed E-state index contributed by atoms with van der Waals surface area (Å²) in [5, 5.41) is 5.09. The second kappa shape index (κ2) is 9.09. The molecule has 10 heteroatoms. The van der Waals surface area contributed by atoms with Gasteiger partial charge in [0.05, 0.1) is 6.54 Å². The molecule has 5 rings (SSSR count). The second-order valence-corrected chi connectivity index (χ2v) is 8.47. The normalized spacial score (nSPS) is 11.7. The van der Waals surface area contributed by atoms with Crippen molar-refractivity contribution >= 4 is 23.5 Å². The SMILES string of the molecule is O=Cc1ccc(-c2c(-c3ccc(Cl)cc3)ccn3c(=O)n(Cc4ccc(C(F)(F)F)nc4)nc23)cc1. The van der Waals surface area contributed by atoms with Crippen LogP contribution in [-0.2, 0) is 12.7 Å². The number of halogens is 4. The van der Waals surface area contributed by atoms with E-state index < -0.39 is 17.6 Å². The van der Waals surface area contributed by atoms with Crippen LogP contribution in [0.25, 0.3) is 27.9 Å². The number of fused-ring (bicyclic) bond motifs is 1. The average molecular weight is 509 g/mol. The monoisotopic (exact) mass is 508 g/mol. The fourth-order valence-corrected chi connectivity index (χ4v) is 4.05. The lowest BCUT2D eigenvalue weighted by Crippen LogP contribution is -2.21. The minimum Gasteiger partial charge on any atom is -0.298 e. The van der Waals surface area contributed by atoms with Gasteiger partial charge in [0.1, 0.15) is 12.0 Å². The number of pyridine rings is 2. The van der Waals surface area contributed by atoms with Gasteiger partial charge in [-0.2, -0.15) is 13.2 Å². The summed E-state index contributed by atoms with van der Waals surface area (Å²) in [7, 11) is 0. The molecule has 0 saturated heterocycles. The summed E-state index contributed by atoms with van der Waals surface area (Å²) < 4.78 is 41.1. The van der Waals surface area contributed by atoms with Crippen LogP contribution in [0.4, 0.5) is 13.2 Å². The molecule has 2 aromatic carbocycles. The smallest absolute Gasteiger partial charge is 0.298 e. The van der Waals surface area contributed by atoms with Gasteiger partial charge in [-0.1, -0.05) is 54.1 Å². The highest BCUT2D eigenvalue weighted by Crippen LogP contribution is 2.35. The second-order valence-electron chi connectivity index (χ2n) is 8.03. The molecule has 0 aliphatic carbocycles. The van der Waals surface area contributed by atoms with Crippen molar-refractivity contribution in [3.8, 4) is 22.3 Å². The van der Waals surface area contributed by atoms with Gasteiger partial charge in [-0.05, 0) is 46.5 Å². The molecule has 0 amide bonds. The van der Waals surface area contributed by atoms with Crippen molar-refractivity contribution in [1.29, 1.82) is 0 Å². The first kappa shape index (κ1) is 23.5. The van der Waals surface area contributed by atoms with Crippen LogP contribution in [-0.4, -0.2) is 25.5 Å². The predicted molar refractivity (Wildman–Crippen MR) is 129 cm³/mol. The summed E-state index contributed by atoms with van der Waals surface area (Å²) in [6.45, 7) is -0.0640. The first-order valence-corrected chi connectivity index (χ1v) is 11.1. The minimum absolute atomic E-state index is 0.0640. The number of benzene rings is 2. The Morgan fingerprint density at radius 2 is 1.61 bits per heavy atom. The molecular weight excluding hydrogens is 493 g/mol. The van der Waals surface area contributed by atoms with E-state index in [1.807, 2.05) is 12.1 Å². The van der Waals surface area contributed by atoms with Crippen molar-refractivity contribution in [2.45, 2.75) is 12.7 Å². The standard InChI is InChI=1S/C26H16ClF3N4O2/c27-20-8-6-18(7-9-20)21-11-12-33-24(23(21)19-4-1-16(15-35)2-5-19)32-34(25(33)36)14-17-3-10-22(31-13-17)26(28,29)30/h1-13,15H,14H2. The van der Waals surface area contributed by atoms with Gasteiger partial charge in [0, 0.05) is 28.5 Å². The average Bonchev–Trinajstić information content (AvgIpc) is 3.19. The van der Waals surface area contributed by atoms with Crippen molar-refractivity contribution < 1.29 is 18.0 Å². The molecule has 0 spiro atoms. The van der Waals surface area contributed by atoms with E-state index in [0.717, 1.165) is 35.2 Å². The third-order valence-electron chi connectivity index (χ3n) is 5.69. The van der Waals surface area contributed by atoms with Gasteiger partial charge in [-0.3, -0.25) is 9.78 Å². The van der Waals surface area contributed by atoms with Crippen molar-refractivity contribution in [2.75, 3.05) is 0 Å². The van der Waals surface area contributed by atoms with Gasteiger partial charge >= 0.3 is 11.9 Å². The Hall–Kier alpha value is -4.24. The molecule has 6 nitrogen and oxygen atoms in total. The maximum absolute atomic E-state index is 13.1. The number of hydrogen-bond donors (Lipinski definition) is 0. The Balaban J connectivity index is 1.66. The fraction of sp³-hybridized carbons (Fsp3) is 0.0769. The van der Waals surface area contributed by atoms with Crippen LogP contribution in [0, 0.1) is 0 Å². The van der Waals surface area contributed by atoms with E-state index in [0.29, 0.717) is 27.4 Å². The topological polar surface area (TPSA) is 69.3 Å². The van der Waals surface area contributed by atoms with Crippen LogP contribution in [0.5, 0.6) is 0 Å². The molecule has 0 unspecified atom stereocenters. The zero-order chi connectivity index (χ0) is 25.4. The predicted octanol–water partition coefficient (Wildman–Crippen LogP) is 5.76. The highest BCUT2D eigenvalue weighted by molar-refractivity contribution is 6.30. The van der Waals surface area contributed by atoms with E-state index in [2.05, 4.69) is 10.1 Å². The zero-order valence-corrected chi connectivity index (χ0v) is 19.2. The van der Waals surface area contributed by atoms with Crippen LogP contribution >= 0.6 is 11.6 Å². The van der Waals surface area contributed by atoms with Gasteiger partial charge in [0.15, 0.2) is 5.65 Å². The van der Waals surface area contributed by atoms with E-state index in [4.69, 9.17) is 11.6 Å². The third-order valence-corrected chi connectivity index (χ3v) is 5.94. The Morgan fingerprint density at radius 3 is 2.22 bits per heavy atom. The molecule has 0 aliphatic heterocycles. The van der Waals surface area contributed by atoms with Crippen molar-refractivity contribution in [1.82, 2.24) is 19.2 Å². The first-order valence-electron chi connectivity index (χ1n) is 10.7. The maximum atomic E-state index is 13.1. The molecule has 0 radical (unpaired) electrons. The lowest BCUT2D eigenvalue weighted by Gasteiger charge is -2.11. The van der Waals surface area contributed by atoms with Crippen LogP contribution < -0.4 is 5.69 Å². The van der Waals surface area contributed by atoms with Crippen LogP contribution in [0.3, 0.4) is 0 Å². The largest absolute Gasteiger partial charge is 0.433 e. The van der Waals surface area contributed by atoms with Crippen LogP contribution in [0.2, 0.25) is 5.02 Å². The Labute approximate surface area is 207 Å². The van der Waals surface area contributed by atoms with E-state index >= 15 is 0 Å². The highest BCUT2D eigenvalue weighted by Gasteiger charge is 2.32. The van der Waals surface area contributed by atoms with Crippen LogP contribution in [0.1, 0.15) is 21.6 Å². The van der Waals surface area contributed by atoms with Gasteiger partial charge in [0.2, 0.25) is 0 Å². The first-order chi connectivity index (χ1) is 17.2. The summed E-state index contributed by atoms with van der Waals surface area (Å²) in [5.74, 6) is 0. The minimum atomic E-state index is -4.55. The van der Waals surface area contributed by atoms with Gasteiger partial charge in [0.25, 0.3) is 0 Å². The fourth-order valence-electron chi connectivity index (χ4n) is 3.92. The van der Waals surface area contributed by atoms with Crippen molar-refractivity contribution in [2.24, 2.45) is 0 Å². The highest BCUT2D eigenvalue weighted by atomic mass is 35.5. The van der Waals surface area contributed by atoms with Gasteiger partial charge in [-0.25, -0.2) is 13.9 Å². The van der Waals surface area contributed by atoms with Gasteiger partial charge < -0.3 is 0 Å². The molecule has 180 valence electrons. The van der Waals surface area contributed by atoms with E-state index in [1.54, 1.807) is 48.7 Å². The van der Waals surface area contributed by atoms with E-state index in [-0.39, 0.29) is 6.54 Å². The van der Waals surface area contributed by atoms with Crippen molar-refractivity contribution in [3.63, 3.8) is 0 Å². The number of hydrogen-bond acceptors (Lipinski definition) is 4. The Bertz CT molecular complexity index is 1620. The quantitative estimate of drug-likeness (QED) is 0.283. The molecule has 0 atom stereocenters. The summed E-state index contributed by atoms with van der Waals surface area (Å²) in [6.07, 6.45) is -1.14. The lowest BCUT2D eigenvalue weighted by atomic mass is 9.95. The number of nitrogens with zero attached hydrogens (tertiary/aromatic N) is 4. The molecule has 0 N–H and O–H groups in total. The molecule has 0 bridgehead atoms. The summed E-state index contributed by atoms with van der Waals surface area (Å²) in [5.41, 5.74) is 2.77. The molecule has 0 fully saturated rings. The van der Waals surface area contributed by atoms with E-state index in [9.17, 15) is 22.8 Å². The molecule has 0 saturated carbocycles. The molecule has 3 aromatic heterocycles. The summed E-state index contributed by atoms with van der Waals surface area (Å²) >= 11 is 6.06. The molecule has 36 heavy (non-hydrogen) atoms. The number of rotatable bonds is 5. The van der Waals surface area contributed by atoms with E-state index in [1.165, 1.54) is 15.1 Å². The van der Waals surface area contributed by atoms with Crippen molar-refractivity contribution in [3.05, 3.63) is 111 Å². The summed E-state index contributed by atoms with van der Waals surface area (Å²) in [6, 6.07) is 18.0. The molecule has 3 heterocycles. The lowest BCUT2D eigenvalue weighted by molar-refractivity contribution is -0.141. The number of alkyl halides is 3. The zero-order valence-electron chi connectivity index (χ0n) is 18.4. The van der Waals surface area contributed by atoms with Gasteiger partial charge in [-0.15, -0.1) is 5.10 Å². The summed E-state index contributed by atoms with van der Waals surface area (Å²) in [4.78, 5) is 27.7. The molecular formula is C26H16ClF3N4O2. The number of aromatic nitrogens is 4. The maximum Gasteiger partial charge on any atom is 0.433 e. The third kappa shape index (κ3) is 4.40. The molecule has 5 aromatic rings. The number of carbonyl (C=O) groups is 1. The Kier molecular flexibility index (Phi) is 5.93. The van der Waals surface area contributed by atoms with Crippen LogP contribution in [0.15, 0.2) is 83.9 Å². The Morgan fingerprint density at radius 1 is 0.917 bits per heavy atom. The molecule has 0 aliphatic rings. The number of carbonyl (C=O) groups excluding carboxylic acids is 1. The number of aldehydes is 1.